The number of benzene rings is 3. The monoisotopic (exact) mass is 572 g/mol. The van der Waals surface area contributed by atoms with Crippen molar-refractivity contribution in [2.75, 3.05) is 21.8 Å². The zero-order valence-electron chi connectivity index (χ0n) is 23.2. The van der Waals surface area contributed by atoms with Gasteiger partial charge in [0.2, 0.25) is 5.95 Å². The number of nitrogens with two attached hydrogens (primary N) is 1. The molecule has 0 aliphatic carbocycles. The third-order valence-electron chi connectivity index (χ3n) is 6.67. The fourth-order valence-corrected chi connectivity index (χ4v) is 4.72. The minimum Gasteiger partial charge on any atom is -0.497 e. The van der Waals surface area contributed by atoms with Crippen LogP contribution in [0.25, 0.3) is 0 Å². The van der Waals surface area contributed by atoms with Gasteiger partial charge in [-0.1, -0.05) is 50.2 Å². The van der Waals surface area contributed by atoms with Crippen molar-refractivity contribution in [3.63, 3.8) is 0 Å². The predicted molar refractivity (Wildman–Crippen MR) is 163 cm³/mol. The Balaban J connectivity index is 0.00000387. The summed E-state index contributed by atoms with van der Waals surface area (Å²) in [6.07, 6.45) is 2.19. The van der Waals surface area contributed by atoms with Crippen LogP contribution in [0, 0.1) is 5.92 Å². The van der Waals surface area contributed by atoms with Gasteiger partial charge in [-0.25, -0.2) is 19.6 Å². The lowest BCUT2D eigenvalue weighted by atomic mass is 10.0. The van der Waals surface area contributed by atoms with Gasteiger partial charge in [0.25, 0.3) is 5.91 Å². The highest BCUT2D eigenvalue weighted by molar-refractivity contribution is 6.10. The summed E-state index contributed by atoms with van der Waals surface area (Å²) in [6, 6.07) is 24.8. The number of carbonyl (C=O) groups is 2. The lowest BCUT2D eigenvalue weighted by Crippen LogP contribution is -2.46. The fourth-order valence-electron chi connectivity index (χ4n) is 4.72. The van der Waals surface area contributed by atoms with E-state index in [1.54, 1.807) is 23.1 Å². The molecule has 1 atom stereocenters. The second-order valence-electron chi connectivity index (χ2n) is 10.0. The van der Waals surface area contributed by atoms with E-state index < -0.39 is 6.04 Å². The minimum atomic E-state index is -0.739. The molecular weight excluding hydrogens is 540 g/mol. The lowest BCUT2D eigenvalue weighted by molar-refractivity contribution is -0.119. The van der Waals surface area contributed by atoms with Crippen LogP contribution in [0.4, 0.5) is 33.6 Å². The largest absolute Gasteiger partial charge is 0.497 e. The molecule has 3 aromatic carbocycles. The number of urea groups is 1. The molecule has 0 unspecified atom stereocenters. The Bertz CT molecular complexity index is 1490. The number of halogens is 1. The number of nitrogens with zero attached hydrogens (tertiary/aromatic N) is 5. The number of anilines is 5. The van der Waals surface area contributed by atoms with Gasteiger partial charge in [0.1, 0.15) is 5.75 Å². The van der Waals surface area contributed by atoms with Crippen LogP contribution in [0.5, 0.6) is 5.75 Å². The topological polar surface area (TPSA) is 105 Å². The molecule has 0 saturated heterocycles. The van der Waals surface area contributed by atoms with E-state index in [9.17, 15) is 9.59 Å². The number of amides is 3. The summed E-state index contributed by atoms with van der Waals surface area (Å²) in [5, 5.41) is 0. The molecule has 41 heavy (non-hydrogen) atoms. The summed E-state index contributed by atoms with van der Waals surface area (Å²) in [5.74, 6) is 1.19. The van der Waals surface area contributed by atoms with Gasteiger partial charge in [0.15, 0.2) is 5.82 Å². The molecule has 0 spiro atoms. The first-order valence-corrected chi connectivity index (χ1v) is 13.2. The van der Waals surface area contributed by atoms with Gasteiger partial charge in [-0.2, -0.15) is 4.98 Å². The Labute approximate surface area is 246 Å². The number of methoxy groups -OCH3 is 1. The van der Waals surface area contributed by atoms with Crippen LogP contribution in [-0.4, -0.2) is 35.1 Å². The lowest BCUT2D eigenvalue weighted by Gasteiger charge is -2.36. The zero-order chi connectivity index (χ0) is 28.2. The maximum Gasteiger partial charge on any atom is 0.335 e. The number of aromatic nitrogens is 2. The minimum absolute atomic E-state index is 0. The number of hydrogen-bond donors (Lipinski definition) is 1. The Morgan fingerprint density at radius 3 is 2.22 bits per heavy atom. The van der Waals surface area contributed by atoms with E-state index in [4.69, 9.17) is 15.5 Å². The number of hydrogen-bond acceptors (Lipinski definition) is 6. The molecule has 0 saturated carbocycles. The van der Waals surface area contributed by atoms with E-state index in [-0.39, 0.29) is 42.8 Å². The molecule has 4 aromatic rings. The van der Waals surface area contributed by atoms with Gasteiger partial charge in [-0.05, 0) is 60.9 Å². The van der Waals surface area contributed by atoms with Crippen LogP contribution in [0.15, 0.2) is 91.1 Å². The molecule has 1 aliphatic rings. The first-order chi connectivity index (χ1) is 19.4. The Hall–Kier alpha value is -4.47. The quantitative estimate of drug-likeness (QED) is 0.268. The highest BCUT2D eigenvalue weighted by atomic mass is 35.5. The van der Waals surface area contributed by atoms with Gasteiger partial charge in [-0.3, -0.25) is 9.69 Å². The zero-order valence-corrected chi connectivity index (χ0v) is 24.0. The summed E-state index contributed by atoms with van der Waals surface area (Å²) in [7, 11) is 1.60. The van der Waals surface area contributed by atoms with E-state index in [0.717, 1.165) is 5.56 Å². The fraction of sp³-hybridized carbons (Fsp3) is 0.226. The third-order valence-corrected chi connectivity index (χ3v) is 6.67. The molecule has 0 bridgehead atoms. The Morgan fingerprint density at radius 2 is 1.61 bits per heavy atom. The van der Waals surface area contributed by atoms with E-state index in [1.807, 2.05) is 98.8 Å². The molecule has 1 aliphatic heterocycles. The van der Waals surface area contributed by atoms with Gasteiger partial charge in [-0.15, -0.1) is 12.4 Å². The van der Waals surface area contributed by atoms with E-state index in [1.165, 1.54) is 4.90 Å². The van der Waals surface area contributed by atoms with Crippen molar-refractivity contribution in [2.24, 2.45) is 11.7 Å². The van der Waals surface area contributed by atoms with Crippen LogP contribution in [0.3, 0.4) is 0 Å². The van der Waals surface area contributed by atoms with Crippen molar-refractivity contribution in [1.82, 2.24) is 9.97 Å². The standard InChI is InChI=1S/C31H32N6O3.ClH/c1-21(2)18-27(32)29(38)37(25-12-8-5-9-13-25)30-33-19-22-20-35(23-14-16-26(40-3)17-15-23)31(39)36(28(22)34-30)24-10-6-4-7-11-24;/h4-17,19,21,27H,18,20,32H2,1-3H3;1H/t27-;/m0./s1. The van der Waals surface area contributed by atoms with Crippen molar-refractivity contribution in [2.45, 2.75) is 32.9 Å². The molecule has 2 N–H and O–H groups in total. The maximum absolute atomic E-state index is 14.0. The predicted octanol–water partition coefficient (Wildman–Crippen LogP) is 6.22. The molecule has 0 fully saturated rings. The Morgan fingerprint density at radius 1 is 0.976 bits per heavy atom. The number of ether oxygens (including phenoxy) is 1. The molecule has 0 radical (unpaired) electrons. The number of fused-ring (bicyclic) bond motifs is 1. The van der Waals surface area contributed by atoms with E-state index >= 15 is 0 Å². The number of para-hydroxylation sites is 2. The average molecular weight is 573 g/mol. The summed E-state index contributed by atoms with van der Waals surface area (Å²) in [6.45, 7) is 4.30. The highest BCUT2D eigenvalue weighted by Crippen LogP contribution is 2.37. The molecule has 2 heterocycles. The second kappa shape index (κ2) is 12.8. The SMILES string of the molecule is COc1ccc(N2Cc3cnc(N(C(=O)[C@@H](N)CC(C)C)c4ccccc4)nc3N(c3ccccc3)C2=O)cc1.Cl. The van der Waals surface area contributed by atoms with Gasteiger partial charge in [0, 0.05) is 17.4 Å². The molecule has 9 nitrogen and oxygen atoms in total. The molecule has 212 valence electrons. The normalized spacial score (nSPS) is 13.3. The summed E-state index contributed by atoms with van der Waals surface area (Å²) < 4.78 is 5.28. The summed E-state index contributed by atoms with van der Waals surface area (Å²) >= 11 is 0. The second-order valence-corrected chi connectivity index (χ2v) is 10.0. The van der Waals surface area contributed by atoms with Crippen LogP contribution < -0.4 is 25.2 Å². The van der Waals surface area contributed by atoms with Crippen molar-refractivity contribution in [3.8, 4) is 5.75 Å². The highest BCUT2D eigenvalue weighted by Gasteiger charge is 2.36. The number of rotatable bonds is 8. The first-order valence-electron chi connectivity index (χ1n) is 13.2. The molecule has 3 amide bonds. The van der Waals surface area contributed by atoms with Crippen molar-refractivity contribution >= 4 is 53.2 Å². The van der Waals surface area contributed by atoms with E-state index in [0.29, 0.717) is 35.1 Å². The molecule has 1 aromatic heterocycles. The van der Waals surface area contributed by atoms with Crippen LogP contribution in [-0.2, 0) is 11.3 Å². The van der Waals surface area contributed by atoms with Crippen LogP contribution in [0.1, 0.15) is 25.8 Å². The Kier molecular flexibility index (Phi) is 9.21. The van der Waals surface area contributed by atoms with Crippen molar-refractivity contribution in [3.05, 3.63) is 96.7 Å². The van der Waals surface area contributed by atoms with Crippen molar-refractivity contribution < 1.29 is 14.3 Å². The van der Waals surface area contributed by atoms with E-state index in [2.05, 4.69) is 4.98 Å². The molecule has 10 heteroatoms. The molecule has 5 rings (SSSR count). The third kappa shape index (κ3) is 6.16. The smallest absolute Gasteiger partial charge is 0.335 e. The van der Waals surface area contributed by atoms with Crippen molar-refractivity contribution in [1.29, 1.82) is 0 Å². The van der Waals surface area contributed by atoms with Gasteiger partial charge in [0.05, 0.1) is 31.1 Å². The number of carbonyl (C=O) groups excluding carboxylic acids is 2. The maximum atomic E-state index is 14.0. The summed E-state index contributed by atoms with van der Waals surface area (Å²) in [4.78, 5) is 41.8. The van der Waals surface area contributed by atoms with Crippen LogP contribution in [0.2, 0.25) is 0 Å². The van der Waals surface area contributed by atoms with Gasteiger partial charge >= 0.3 is 6.03 Å². The summed E-state index contributed by atoms with van der Waals surface area (Å²) in [5.41, 5.74) is 9.03. The van der Waals surface area contributed by atoms with Crippen LogP contribution >= 0.6 is 12.4 Å². The first kappa shape index (κ1) is 29.5. The average Bonchev–Trinajstić information content (AvgIpc) is 2.97. The van der Waals surface area contributed by atoms with Gasteiger partial charge < -0.3 is 10.5 Å². The molecular formula is C31H33ClN6O3.